The van der Waals surface area contributed by atoms with E-state index >= 15 is 0 Å². The molecule has 1 unspecified atom stereocenters. The third-order valence-corrected chi connectivity index (χ3v) is 4.94. The first-order valence-corrected chi connectivity index (χ1v) is 8.20. The van der Waals surface area contributed by atoms with Crippen LogP contribution in [0, 0.1) is 0 Å². The number of rotatable bonds is 3. The van der Waals surface area contributed by atoms with Gasteiger partial charge in [0.2, 0.25) is 0 Å². The predicted octanol–water partition coefficient (Wildman–Crippen LogP) is 2.26. The Bertz CT molecular complexity index is 892. The van der Waals surface area contributed by atoms with E-state index in [-0.39, 0.29) is 12.5 Å². The number of nitrogens with one attached hydrogen (secondary N) is 1. The average molecular weight is 325 g/mol. The van der Waals surface area contributed by atoms with E-state index in [0.717, 1.165) is 34.8 Å². The lowest BCUT2D eigenvalue weighted by atomic mass is 9.96. The molecular formula is C17H15N3O2S. The number of aromatic nitrogens is 2. The van der Waals surface area contributed by atoms with Gasteiger partial charge in [-0.1, -0.05) is 24.3 Å². The molecule has 1 aliphatic carbocycles. The summed E-state index contributed by atoms with van der Waals surface area (Å²) in [6, 6.07) is 13.1. The van der Waals surface area contributed by atoms with Crippen LogP contribution < -0.4 is 5.32 Å². The highest BCUT2D eigenvalue weighted by Crippen LogP contribution is 2.36. The normalized spacial score (nSPS) is 19.7. The summed E-state index contributed by atoms with van der Waals surface area (Å²) in [6.45, 7) is 0.205. The number of benzene rings is 2. The van der Waals surface area contributed by atoms with Gasteiger partial charge in [0.05, 0.1) is 18.3 Å². The zero-order valence-electron chi connectivity index (χ0n) is 12.3. The van der Waals surface area contributed by atoms with Crippen molar-refractivity contribution < 1.29 is 9.90 Å². The van der Waals surface area contributed by atoms with E-state index in [4.69, 9.17) is 0 Å². The van der Waals surface area contributed by atoms with Crippen molar-refractivity contribution in [3.63, 3.8) is 0 Å². The minimum Gasteiger partial charge on any atom is -0.383 e. The van der Waals surface area contributed by atoms with Crippen molar-refractivity contribution in [3.8, 4) is 0 Å². The Morgan fingerprint density at radius 2 is 2.04 bits per heavy atom. The third kappa shape index (κ3) is 2.50. The maximum Gasteiger partial charge on any atom is 0.251 e. The molecule has 116 valence electrons. The summed E-state index contributed by atoms with van der Waals surface area (Å²) in [6.07, 6.45) is 1.46. The predicted molar refractivity (Wildman–Crippen MR) is 88.4 cm³/mol. The Morgan fingerprint density at radius 1 is 1.22 bits per heavy atom. The Kier molecular flexibility index (Phi) is 3.36. The second-order valence-electron chi connectivity index (χ2n) is 5.84. The van der Waals surface area contributed by atoms with E-state index in [0.29, 0.717) is 17.5 Å². The number of carbonyl (C=O) groups is 1. The largest absolute Gasteiger partial charge is 0.383 e. The minimum absolute atomic E-state index is 0.205. The zero-order valence-corrected chi connectivity index (χ0v) is 13.1. The van der Waals surface area contributed by atoms with Crippen LogP contribution in [0.15, 0.2) is 42.5 Å². The van der Waals surface area contributed by atoms with Gasteiger partial charge < -0.3 is 10.4 Å². The van der Waals surface area contributed by atoms with E-state index in [1.54, 1.807) is 18.2 Å². The van der Waals surface area contributed by atoms with Gasteiger partial charge in [-0.25, -0.2) is 0 Å². The Morgan fingerprint density at radius 3 is 2.96 bits per heavy atom. The number of aryl methyl sites for hydroxylation is 1. The smallest absolute Gasteiger partial charge is 0.251 e. The maximum atomic E-state index is 12.4. The van der Waals surface area contributed by atoms with Crippen LogP contribution in [0.1, 0.15) is 27.9 Å². The molecule has 1 aromatic heterocycles. The van der Waals surface area contributed by atoms with E-state index in [2.05, 4.69) is 14.1 Å². The second kappa shape index (κ2) is 5.40. The van der Waals surface area contributed by atoms with Gasteiger partial charge in [-0.2, -0.15) is 8.75 Å². The molecule has 0 bridgehead atoms. The summed E-state index contributed by atoms with van der Waals surface area (Å²) in [5.74, 6) is -0.210. The fraction of sp³-hybridized carbons (Fsp3) is 0.235. The number of hydrogen-bond acceptors (Lipinski definition) is 5. The summed E-state index contributed by atoms with van der Waals surface area (Å²) in [5.41, 5.74) is 3.11. The van der Waals surface area contributed by atoms with Crippen LogP contribution in [0.25, 0.3) is 11.0 Å². The number of aliphatic hydroxyl groups is 1. The second-order valence-corrected chi connectivity index (χ2v) is 6.37. The van der Waals surface area contributed by atoms with E-state index in [1.165, 1.54) is 0 Å². The minimum atomic E-state index is -0.988. The molecule has 6 heteroatoms. The third-order valence-electron chi connectivity index (χ3n) is 4.38. The molecule has 2 aromatic carbocycles. The number of fused-ring (bicyclic) bond motifs is 2. The molecule has 1 amide bonds. The van der Waals surface area contributed by atoms with Crippen LogP contribution in [0.3, 0.4) is 0 Å². The topological polar surface area (TPSA) is 75.1 Å². The van der Waals surface area contributed by atoms with Gasteiger partial charge in [0.25, 0.3) is 5.91 Å². The Balaban J connectivity index is 1.51. The molecule has 4 rings (SSSR count). The quantitative estimate of drug-likeness (QED) is 0.774. The lowest BCUT2D eigenvalue weighted by Gasteiger charge is -2.24. The fourth-order valence-electron chi connectivity index (χ4n) is 3.10. The van der Waals surface area contributed by atoms with E-state index < -0.39 is 5.60 Å². The van der Waals surface area contributed by atoms with Crippen LogP contribution in [-0.4, -0.2) is 26.3 Å². The van der Waals surface area contributed by atoms with Gasteiger partial charge in [0.1, 0.15) is 16.6 Å². The molecule has 0 fully saturated rings. The van der Waals surface area contributed by atoms with Crippen molar-refractivity contribution >= 4 is 28.7 Å². The van der Waals surface area contributed by atoms with Crippen LogP contribution in [0.5, 0.6) is 0 Å². The van der Waals surface area contributed by atoms with Crippen LogP contribution in [-0.2, 0) is 12.0 Å². The Labute approximate surface area is 137 Å². The van der Waals surface area contributed by atoms with Crippen molar-refractivity contribution in [3.05, 3.63) is 59.2 Å². The summed E-state index contributed by atoms with van der Waals surface area (Å²) in [7, 11) is 0. The molecule has 3 aromatic rings. The molecule has 2 N–H and O–H groups in total. The molecule has 0 aliphatic heterocycles. The lowest BCUT2D eigenvalue weighted by Crippen LogP contribution is -2.39. The van der Waals surface area contributed by atoms with E-state index in [9.17, 15) is 9.90 Å². The first-order valence-electron chi connectivity index (χ1n) is 7.47. The molecule has 0 radical (unpaired) electrons. The summed E-state index contributed by atoms with van der Waals surface area (Å²) in [4.78, 5) is 12.4. The van der Waals surface area contributed by atoms with Crippen molar-refractivity contribution in [2.24, 2.45) is 0 Å². The fourth-order valence-corrected chi connectivity index (χ4v) is 3.62. The molecule has 1 atom stereocenters. The zero-order chi connectivity index (χ0) is 15.9. The van der Waals surface area contributed by atoms with E-state index in [1.807, 2.05) is 24.3 Å². The van der Waals surface area contributed by atoms with Crippen molar-refractivity contribution in [2.45, 2.75) is 18.4 Å². The maximum absolute atomic E-state index is 12.4. The van der Waals surface area contributed by atoms with Gasteiger partial charge in [-0.05, 0) is 42.2 Å². The number of carbonyl (C=O) groups excluding carboxylic acids is 1. The molecule has 0 spiro atoms. The van der Waals surface area contributed by atoms with Crippen LogP contribution >= 0.6 is 11.7 Å². The highest BCUT2D eigenvalue weighted by molar-refractivity contribution is 7.00. The number of amides is 1. The molecule has 5 nitrogen and oxygen atoms in total. The van der Waals surface area contributed by atoms with Gasteiger partial charge >= 0.3 is 0 Å². The first kappa shape index (κ1) is 14.3. The van der Waals surface area contributed by atoms with Crippen LogP contribution in [0.4, 0.5) is 0 Å². The van der Waals surface area contributed by atoms with Gasteiger partial charge in [0.15, 0.2) is 0 Å². The van der Waals surface area contributed by atoms with Gasteiger partial charge in [-0.15, -0.1) is 0 Å². The van der Waals surface area contributed by atoms with Crippen molar-refractivity contribution in [1.29, 1.82) is 0 Å². The summed E-state index contributed by atoms with van der Waals surface area (Å²) < 4.78 is 8.27. The molecule has 0 saturated heterocycles. The average Bonchev–Trinajstić information content (AvgIpc) is 3.18. The highest BCUT2D eigenvalue weighted by atomic mass is 32.1. The standard InChI is InChI=1S/C17H15N3O2S/c21-16(12-5-6-14-15(9-12)20-23-19-14)18-10-17(22)8-7-11-3-1-2-4-13(11)17/h1-6,9,22H,7-8,10H2,(H,18,21). The Hall–Kier alpha value is -2.31. The monoisotopic (exact) mass is 325 g/mol. The van der Waals surface area contributed by atoms with Crippen molar-refractivity contribution in [2.75, 3.05) is 6.54 Å². The SMILES string of the molecule is O=C(NCC1(O)CCc2ccccc21)c1ccc2nsnc2c1. The highest BCUT2D eigenvalue weighted by Gasteiger charge is 2.36. The molecule has 0 saturated carbocycles. The lowest BCUT2D eigenvalue weighted by molar-refractivity contribution is 0.0369. The first-order chi connectivity index (χ1) is 11.2. The number of nitrogens with zero attached hydrogens (tertiary/aromatic N) is 2. The molecule has 23 heavy (non-hydrogen) atoms. The van der Waals surface area contributed by atoms with Crippen LogP contribution in [0.2, 0.25) is 0 Å². The summed E-state index contributed by atoms with van der Waals surface area (Å²) >= 11 is 1.13. The molecule has 1 heterocycles. The van der Waals surface area contributed by atoms with Gasteiger partial charge in [-0.3, -0.25) is 4.79 Å². The molecular weight excluding hydrogens is 310 g/mol. The molecule has 1 aliphatic rings. The van der Waals surface area contributed by atoms with Crippen molar-refractivity contribution in [1.82, 2.24) is 14.1 Å². The summed E-state index contributed by atoms with van der Waals surface area (Å²) in [5, 5.41) is 13.7. The van der Waals surface area contributed by atoms with Gasteiger partial charge in [0, 0.05) is 5.56 Å². The number of hydrogen-bond donors (Lipinski definition) is 2.